The molecule has 1 heterocycles. The maximum atomic E-state index is 10.5. The molecule has 0 radical (unpaired) electrons. The van der Waals surface area contributed by atoms with Crippen LogP contribution >= 0.6 is 0 Å². The second-order valence-electron chi connectivity index (χ2n) is 5.32. The van der Waals surface area contributed by atoms with Crippen LogP contribution in [0.15, 0.2) is 36.5 Å². The minimum absolute atomic E-state index is 0.223. The molecule has 3 rings (SSSR count). The van der Waals surface area contributed by atoms with Gasteiger partial charge in [-0.1, -0.05) is 24.3 Å². The molecule has 0 bridgehead atoms. The van der Waals surface area contributed by atoms with Crippen molar-refractivity contribution in [2.24, 2.45) is 0 Å². The van der Waals surface area contributed by atoms with E-state index in [1.54, 1.807) is 0 Å². The Morgan fingerprint density at radius 2 is 1.52 bits per heavy atom. The Kier molecular flexibility index (Phi) is 4.42. The highest BCUT2D eigenvalue weighted by Crippen LogP contribution is 2.37. The van der Waals surface area contributed by atoms with E-state index in [1.807, 2.05) is 0 Å². The van der Waals surface area contributed by atoms with Gasteiger partial charge in [-0.2, -0.15) is 0 Å². The summed E-state index contributed by atoms with van der Waals surface area (Å²) in [6.45, 7) is 0. The fourth-order valence-corrected chi connectivity index (χ4v) is 2.15. The summed E-state index contributed by atoms with van der Waals surface area (Å²) in [5.41, 5.74) is -4.34. The van der Waals surface area contributed by atoms with Gasteiger partial charge in [-0.3, -0.25) is 0 Å². The molecule has 2 aliphatic carbocycles. The second kappa shape index (κ2) is 5.87. The molecule has 126 valence electrons. The van der Waals surface area contributed by atoms with Crippen molar-refractivity contribution in [3.05, 3.63) is 36.5 Å². The number of fused-ring (bicyclic) bond motifs is 1. The number of hydrogen-bond donors (Lipinski definition) is 6. The molecule has 3 aliphatic rings. The van der Waals surface area contributed by atoms with E-state index in [-0.39, 0.29) is 6.10 Å². The summed E-state index contributed by atoms with van der Waals surface area (Å²) < 4.78 is 4.88. The normalized spacial score (nSPS) is 43.1. The number of rotatable bonds is 2. The summed E-state index contributed by atoms with van der Waals surface area (Å²) in [6.07, 6.45) is 4.10. The first-order chi connectivity index (χ1) is 10.6. The molecule has 9 nitrogen and oxygen atoms in total. The van der Waals surface area contributed by atoms with Gasteiger partial charge in [0.15, 0.2) is 0 Å². The molecule has 0 aromatic heterocycles. The van der Waals surface area contributed by atoms with Crippen LogP contribution in [0.3, 0.4) is 0 Å². The number of aliphatic hydroxyl groups is 4. The zero-order chi connectivity index (χ0) is 17.4. The third kappa shape index (κ3) is 3.05. The van der Waals surface area contributed by atoms with E-state index in [0.29, 0.717) is 0 Å². The number of allylic oxidation sites excluding steroid dienone is 2. The Bertz CT molecular complexity index is 595. The largest absolute Gasteiger partial charge is 0.479 e. The number of carbonyl (C=O) groups is 2. The molecule has 6 atom stereocenters. The van der Waals surface area contributed by atoms with Gasteiger partial charge in [0.25, 0.3) is 0 Å². The van der Waals surface area contributed by atoms with Gasteiger partial charge in [-0.05, 0) is 12.2 Å². The van der Waals surface area contributed by atoms with E-state index >= 15 is 0 Å². The Morgan fingerprint density at radius 3 is 2.00 bits per heavy atom. The Morgan fingerprint density at radius 1 is 0.913 bits per heavy atom. The number of carboxylic acids is 2. The lowest BCUT2D eigenvalue weighted by molar-refractivity contribution is -0.165. The molecule has 23 heavy (non-hydrogen) atoms. The third-order valence-electron chi connectivity index (χ3n) is 3.75. The quantitative estimate of drug-likeness (QED) is 0.243. The van der Waals surface area contributed by atoms with Crippen LogP contribution in [0.25, 0.3) is 0 Å². The van der Waals surface area contributed by atoms with E-state index in [9.17, 15) is 24.9 Å². The molecule has 0 saturated carbocycles. The lowest BCUT2D eigenvalue weighted by atomic mass is 9.88. The zero-order valence-electron chi connectivity index (χ0n) is 11.7. The summed E-state index contributed by atoms with van der Waals surface area (Å²) in [5.74, 6) is -2.91. The van der Waals surface area contributed by atoms with Crippen LogP contribution in [0.5, 0.6) is 0 Å². The zero-order valence-corrected chi connectivity index (χ0v) is 11.7. The van der Waals surface area contributed by atoms with E-state index < -0.39 is 41.5 Å². The van der Waals surface area contributed by atoms with Crippen LogP contribution in [0.4, 0.5) is 0 Å². The number of aliphatic carboxylic acids is 2. The smallest absolute Gasteiger partial charge is 0.342 e. The predicted molar refractivity (Wildman–Crippen MR) is 73.3 cm³/mol. The molecule has 0 unspecified atom stereocenters. The SMILES string of the molecule is O=C(O)[C@]1(O)C=CC=C[C@H]1O.O=C(O)[C@]1(O)C=C[C@H]2O[C@H]2[C@H]1O. The molecule has 0 amide bonds. The van der Waals surface area contributed by atoms with Crippen molar-refractivity contribution in [1.82, 2.24) is 0 Å². The van der Waals surface area contributed by atoms with Crippen molar-refractivity contribution in [3.63, 3.8) is 0 Å². The number of aliphatic hydroxyl groups excluding tert-OH is 2. The highest BCUT2D eigenvalue weighted by molar-refractivity contribution is 5.82. The molecule has 6 N–H and O–H groups in total. The Hall–Kier alpha value is -2.04. The maximum Gasteiger partial charge on any atom is 0.342 e. The average Bonchev–Trinajstić information content (AvgIpc) is 3.27. The van der Waals surface area contributed by atoms with Gasteiger partial charge in [0.05, 0.1) is 0 Å². The van der Waals surface area contributed by atoms with Crippen molar-refractivity contribution in [2.45, 2.75) is 35.6 Å². The van der Waals surface area contributed by atoms with Crippen LogP contribution in [-0.4, -0.2) is 78.2 Å². The first-order valence-corrected chi connectivity index (χ1v) is 6.61. The summed E-state index contributed by atoms with van der Waals surface area (Å²) in [4.78, 5) is 20.9. The summed E-state index contributed by atoms with van der Waals surface area (Å²) in [6, 6.07) is 0. The summed E-state index contributed by atoms with van der Waals surface area (Å²) in [5, 5.41) is 54.0. The van der Waals surface area contributed by atoms with Crippen LogP contribution < -0.4 is 0 Å². The van der Waals surface area contributed by atoms with Crippen LogP contribution in [-0.2, 0) is 14.3 Å². The minimum Gasteiger partial charge on any atom is -0.479 e. The molecule has 0 aromatic rings. The molecular weight excluding hydrogens is 312 g/mol. The van der Waals surface area contributed by atoms with Crippen LogP contribution in [0, 0.1) is 0 Å². The maximum absolute atomic E-state index is 10.5. The van der Waals surface area contributed by atoms with E-state index in [4.69, 9.17) is 20.1 Å². The molecule has 0 aromatic carbocycles. The predicted octanol–water partition coefficient (Wildman–Crippen LogP) is -2.21. The van der Waals surface area contributed by atoms with Crippen molar-refractivity contribution in [3.8, 4) is 0 Å². The van der Waals surface area contributed by atoms with Crippen molar-refractivity contribution < 1.29 is 45.0 Å². The fraction of sp³-hybridized carbons (Fsp3) is 0.429. The van der Waals surface area contributed by atoms with Gasteiger partial charge in [-0.25, -0.2) is 9.59 Å². The number of ether oxygens (including phenoxy) is 1. The van der Waals surface area contributed by atoms with Gasteiger partial charge in [0.2, 0.25) is 11.2 Å². The fourth-order valence-electron chi connectivity index (χ4n) is 2.15. The minimum atomic E-state index is -2.18. The van der Waals surface area contributed by atoms with E-state index in [1.165, 1.54) is 24.3 Å². The van der Waals surface area contributed by atoms with Gasteiger partial charge >= 0.3 is 11.9 Å². The molecule has 1 aliphatic heterocycles. The van der Waals surface area contributed by atoms with Crippen molar-refractivity contribution >= 4 is 11.9 Å². The van der Waals surface area contributed by atoms with Crippen molar-refractivity contribution in [2.75, 3.05) is 0 Å². The first kappa shape index (κ1) is 17.3. The van der Waals surface area contributed by atoms with Gasteiger partial charge < -0.3 is 35.4 Å². The topological polar surface area (TPSA) is 168 Å². The number of epoxide rings is 1. The van der Waals surface area contributed by atoms with Crippen LogP contribution in [0.2, 0.25) is 0 Å². The molecule has 1 saturated heterocycles. The summed E-state index contributed by atoms with van der Waals surface area (Å²) >= 11 is 0. The van der Waals surface area contributed by atoms with E-state index in [2.05, 4.69) is 0 Å². The molecular formula is C14H16O9. The van der Waals surface area contributed by atoms with Crippen LogP contribution in [0.1, 0.15) is 0 Å². The number of hydrogen-bond acceptors (Lipinski definition) is 7. The third-order valence-corrected chi connectivity index (χ3v) is 3.75. The number of carboxylic acid groups (broad SMARTS) is 2. The Labute approximate surface area is 130 Å². The molecule has 0 spiro atoms. The monoisotopic (exact) mass is 328 g/mol. The Balaban J connectivity index is 0.000000168. The van der Waals surface area contributed by atoms with Gasteiger partial charge in [0.1, 0.15) is 24.4 Å². The summed E-state index contributed by atoms with van der Waals surface area (Å²) in [7, 11) is 0. The van der Waals surface area contributed by atoms with Gasteiger partial charge in [0, 0.05) is 0 Å². The standard InChI is InChI=1S/C7H8O5.C7H8O4/c8-5-4-3(12-4)1-2-7(5,11)6(9)10;8-5-3-1-2-4-7(5,11)6(9)10/h1-5,8,11H,(H,9,10);1-5,8,11H,(H,9,10)/t3-,4-,5-,7+;5-,7+/m11/s1. The first-order valence-electron chi connectivity index (χ1n) is 6.61. The second-order valence-corrected chi connectivity index (χ2v) is 5.32. The lowest BCUT2D eigenvalue weighted by Gasteiger charge is -2.26. The average molecular weight is 328 g/mol. The molecule has 9 heteroatoms. The van der Waals surface area contributed by atoms with E-state index in [0.717, 1.165) is 12.2 Å². The van der Waals surface area contributed by atoms with Crippen molar-refractivity contribution in [1.29, 1.82) is 0 Å². The highest BCUT2D eigenvalue weighted by atomic mass is 16.6. The lowest BCUT2D eigenvalue weighted by Crippen LogP contribution is -2.52. The van der Waals surface area contributed by atoms with Gasteiger partial charge in [-0.15, -0.1) is 0 Å². The molecule has 1 fully saturated rings. The highest BCUT2D eigenvalue weighted by Gasteiger charge is 2.58.